The van der Waals surface area contributed by atoms with Crippen LogP contribution in [0.5, 0.6) is 0 Å². The van der Waals surface area contributed by atoms with Gasteiger partial charge in [-0.25, -0.2) is 0 Å². The van der Waals surface area contributed by atoms with E-state index in [1.165, 1.54) is 32.1 Å². The van der Waals surface area contributed by atoms with Crippen molar-refractivity contribution in [2.24, 2.45) is 11.8 Å². The molecular weight excluding hydrogens is 216 g/mol. The van der Waals surface area contributed by atoms with E-state index in [0.717, 1.165) is 24.7 Å². The lowest BCUT2D eigenvalue weighted by atomic mass is 9.79. The van der Waals surface area contributed by atoms with Crippen molar-refractivity contribution in [3.05, 3.63) is 0 Å². The van der Waals surface area contributed by atoms with E-state index in [9.17, 15) is 5.11 Å². The van der Waals surface area contributed by atoms with Gasteiger partial charge in [0.15, 0.2) is 0 Å². The summed E-state index contributed by atoms with van der Waals surface area (Å²) in [6, 6.07) is 0. The number of hydrogen-bond donors (Lipinski definition) is 1. The zero-order chi connectivity index (χ0) is 12.5. The second kappa shape index (κ2) is 8.90. The predicted molar refractivity (Wildman–Crippen MR) is 68.8 cm³/mol. The zero-order valence-electron chi connectivity index (χ0n) is 11.4. The Bertz CT molecular complexity index is 178. The number of methoxy groups -OCH3 is 1. The summed E-state index contributed by atoms with van der Waals surface area (Å²) >= 11 is 0. The monoisotopic (exact) mass is 244 g/mol. The molecule has 0 radical (unpaired) electrons. The lowest BCUT2D eigenvalue weighted by Crippen LogP contribution is -2.22. The zero-order valence-corrected chi connectivity index (χ0v) is 11.4. The number of aliphatic hydroxyl groups excluding tert-OH is 1. The summed E-state index contributed by atoms with van der Waals surface area (Å²) in [5, 5.41) is 9.20. The van der Waals surface area contributed by atoms with Crippen LogP contribution >= 0.6 is 0 Å². The van der Waals surface area contributed by atoms with Crippen LogP contribution in [0.4, 0.5) is 0 Å². The SMILES string of the molecule is COCOC(CO)CCC(C)C1CCCCC1. The minimum absolute atomic E-state index is 0.0546. The van der Waals surface area contributed by atoms with Crippen LogP contribution in [0.15, 0.2) is 0 Å². The highest BCUT2D eigenvalue weighted by atomic mass is 16.7. The van der Waals surface area contributed by atoms with Crippen molar-refractivity contribution >= 4 is 0 Å². The summed E-state index contributed by atoms with van der Waals surface area (Å²) in [5.74, 6) is 1.65. The number of hydrogen-bond acceptors (Lipinski definition) is 3. The van der Waals surface area contributed by atoms with Gasteiger partial charge in [0.1, 0.15) is 6.79 Å². The summed E-state index contributed by atoms with van der Waals surface area (Å²) in [6.07, 6.45) is 9.04. The second-order valence-electron chi connectivity index (χ2n) is 5.33. The van der Waals surface area contributed by atoms with Gasteiger partial charge in [-0.15, -0.1) is 0 Å². The molecule has 102 valence electrons. The number of rotatable bonds is 8. The predicted octanol–water partition coefficient (Wildman–Crippen LogP) is 2.96. The van der Waals surface area contributed by atoms with Crippen molar-refractivity contribution in [1.82, 2.24) is 0 Å². The van der Waals surface area contributed by atoms with E-state index >= 15 is 0 Å². The summed E-state index contributed by atoms with van der Waals surface area (Å²) in [6.45, 7) is 2.73. The maximum atomic E-state index is 9.20. The highest BCUT2D eigenvalue weighted by Crippen LogP contribution is 2.32. The summed E-state index contributed by atoms with van der Waals surface area (Å²) in [4.78, 5) is 0. The van der Waals surface area contributed by atoms with Crippen molar-refractivity contribution in [2.75, 3.05) is 20.5 Å². The summed E-state index contributed by atoms with van der Waals surface area (Å²) < 4.78 is 10.3. The van der Waals surface area contributed by atoms with Gasteiger partial charge in [-0.1, -0.05) is 39.0 Å². The smallest absolute Gasteiger partial charge is 0.146 e. The van der Waals surface area contributed by atoms with Crippen LogP contribution in [-0.2, 0) is 9.47 Å². The Kier molecular flexibility index (Phi) is 7.82. The van der Waals surface area contributed by atoms with Crippen molar-refractivity contribution in [3.8, 4) is 0 Å². The molecule has 2 atom stereocenters. The van der Waals surface area contributed by atoms with Gasteiger partial charge in [-0.05, 0) is 24.7 Å². The van der Waals surface area contributed by atoms with Gasteiger partial charge in [-0.2, -0.15) is 0 Å². The molecule has 3 nitrogen and oxygen atoms in total. The molecule has 1 rings (SSSR count). The third-order valence-corrected chi connectivity index (χ3v) is 4.02. The average Bonchev–Trinajstić information content (AvgIpc) is 2.39. The molecule has 2 unspecified atom stereocenters. The molecule has 3 heteroatoms. The lowest BCUT2D eigenvalue weighted by Gasteiger charge is -2.28. The molecule has 0 aromatic carbocycles. The molecule has 0 aliphatic heterocycles. The molecule has 0 aromatic rings. The van der Waals surface area contributed by atoms with E-state index in [-0.39, 0.29) is 19.5 Å². The van der Waals surface area contributed by atoms with E-state index in [1.54, 1.807) is 7.11 Å². The van der Waals surface area contributed by atoms with Gasteiger partial charge in [-0.3, -0.25) is 0 Å². The molecule has 1 fully saturated rings. The fourth-order valence-electron chi connectivity index (χ4n) is 2.78. The Morgan fingerprint density at radius 3 is 2.47 bits per heavy atom. The maximum absolute atomic E-state index is 9.20. The Labute approximate surface area is 105 Å². The van der Waals surface area contributed by atoms with Crippen LogP contribution in [0.25, 0.3) is 0 Å². The van der Waals surface area contributed by atoms with Crippen molar-refractivity contribution < 1.29 is 14.6 Å². The molecule has 1 aliphatic rings. The molecule has 0 bridgehead atoms. The fraction of sp³-hybridized carbons (Fsp3) is 1.00. The first-order chi connectivity index (χ1) is 8.27. The van der Waals surface area contributed by atoms with E-state index in [2.05, 4.69) is 6.92 Å². The number of aliphatic hydroxyl groups is 1. The third-order valence-electron chi connectivity index (χ3n) is 4.02. The summed E-state index contributed by atoms with van der Waals surface area (Å²) in [5.41, 5.74) is 0. The molecule has 0 heterocycles. The first kappa shape index (κ1) is 14.9. The Morgan fingerprint density at radius 2 is 1.88 bits per heavy atom. The average molecular weight is 244 g/mol. The van der Waals surface area contributed by atoms with Crippen LogP contribution in [-0.4, -0.2) is 31.7 Å². The maximum Gasteiger partial charge on any atom is 0.146 e. The highest BCUT2D eigenvalue weighted by Gasteiger charge is 2.21. The van der Waals surface area contributed by atoms with Crippen molar-refractivity contribution in [3.63, 3.8) is 0 Å². The van der Waals surface area contributed by atoms with E-state index < -0.39 is 0 Å². The van der Waals surface area contributed by atoms with Gasteiger partial charge >= 0.3 is 0 Å². The highest BCUT2D eigenvalue weighted by molar-refractivity contribution is 4.72. The Morgan fingerprint density at radius 1 is 1.18 bits per heavy atom. The minimum Gasteiger partial charge on any atom is -0.394 e. The van der Waals surface area contributed by atoms with Gasteiger partial charge in [0.2, 0.25) is 0 Å². The molecule has 0 amide bonds. The van der Waals surface area contributed by atoms with Crippen LogP contribution in [0.3, 0.4) is 0 Å². The third kappa shape index (κ3) is 5.84. The van der Waals surface area contributed by atoms with Crippen molar-refractivity contribution in [1.29, 1.82) is 0 Å². The van der Waals surface area contributed by atoms with Gasteiger partial charge in [0.25, 0.3) is 0 Å². The molecule has 0 aromatic heterocycles. The summed E-state index contributed by atoms with van der Waals surface area (Å²) in [7, 11) is 1.61. The molecule has 1 aliphatic carbocycles. The molecular formula is C14H28O3. The van der Waals surface area contributed by atoms with Crippen LogP contribution < -0.4 is 0 Å². The second-order valence-corrected chi connectivity index (χ2v) is 5.33. The fourth-order valence-corrected chi connectivity index (χ4v) is 2.78. The van der Waals surface area contributed by atoms with Gasteiger partial charge in [0, 0.05) is 7.11 Å². The van der Waals surface area contributed by atoms with Crippen molar-refractivity contribution in [2.45, 2.75) is 58.0 Å². The normalized spacial score (nSPS) is 21.4. The van der Waals surface area contributed by atoms with E-state index in [0.29, 0.717) is 0 Å². The largest absolute Gasteiger partial charge is 0.394 e. The van der Waals surface area contributed by atoms with Crippen LogP contribution in [0.1, 0.15) is 51.9 Å². The first-order valence-electron chi connectivity index (χ1n) is 6.99. The molecule has 1 N–H and O–H groups in total. The van der Waals surface area contributed by atoms with E-state index in [1.807, 2.05) is 0 Å². The first-order valence-corrected chi connectivity index (χ1v) is 6.99. The molecule has 0 saturated heterocycles. The van der Waals surface area contributed by atoms with Crippen LogP contribution in [0, 0.1) is 11.8 Å². The van der Waals surface area contributed by atoms with Crippen LogP contribution in [0.2, 0.25) is 0 Å². The minimum atomic E-state index is -0.0546. The van der Waals surface area contributed by atoms with Gasteiger partial charge < -0.3 is 14.6 Å². The molecule has 0 spiro atoms. The topological polar surface area (TPSA) is 38.7 Å². The quantitative estimate of drug-likeness (QED) is 0.667. The Hall–Kier alpha value is -0.120. The number of ether oxygens (including phenoxy) is 2. The molecule has 17 heavy (non-hydrogen) atoms. The van der Waals surface area contributed by atoms with Gasteiger partial charge in [0.05, 0.1) is 12.7 Å². The Balaban J connectivity index is 2.17. The lowest BCUT2D eigenvalue weighted by molar-refractivity contribution is -0.0911. The van der Waals surface area contributed by atoms with E-state index in [4.69, 9.17) is 9.47 Å². The standard InChI is InChI=1S/C14H28O3/c1-12(13-6-4-3-5-7-13)8-9-14(10-15)17-11-16-2/h12-15H,3-11H2,1-2H3. The molecule has 1 saturated carbocycles.